The smallest absolute Gasteiger partial charge is 0.193 e. The molecule has 0 fully saturated rings. The minimum atomic E-state index is -0.121. The molecule has 2 aromatic carbocycles. The largest absolute Gasteiger partial charge is 0.454 e. The van der Waals surface area contributed by atoms with Gasteiger partial charge in [0.05, 0.1) is 10.4 Å². The maximum Gasteiger partial charge on any atom is 0.193 e. The van der Waals surface area contributed by atoms with Gasteiger partial charge in [0.15, 0.2) is 27.3 Å². The Kier molecular flexibility index (Phi) is 3.51. The number of fused-ring (bicyclic) bond motifs is 1. The molecule has 1 heterocycles. The van der Waals surface area contributed by atoms with E-state index in [1.807, 2.05) is 0 Å². The molecule has 20 heavy (non-hydrogen) atoms. The van der Waals surface area contributed by atoms with E-state index in [9.17, 15) is 4.79 Å². The van der Waals surface area contributed by atoms with Crippen molar-refractivity contribution in [2.45, 2.75) is 0 Å². The predicted octanol–water partition coefficient (Wildman–Crippen LogP) is 4.80. The monoisotopic (exact) mass is 350 g/mol. The van der Waals surface area contributed by atoms with Crippen LogP contribution in [-0.4, -0.2) is 0 Å². The zero-order valence-corrected chi connectivity index (χ0v) is 12.4. The Hall–Kier alpha value is -1.78. The Morgan fingerprint density at radius 3 is 2.55 bits per heavy atom. The van der Waals surface area contributed by atoms with E-state index in [1.165, 1.54) is 6.07 Å². The fourth-order valence-electron chi connectivity index (χ4n) is 1.96. The molecule has 0 aliphatic carbocycles. The fourth-order valence-corrected chi connectivity index (χ4v) is 2.38. The highest BCUT2D eigenvalue weighted by Gasteiger charge is 2.09. The lowest BCUT2D eigenvalue weighted by molar-refractivity contribution is 0.618. The number of halogens is 2. The molecular formula is C15H8BrClO3. The molecule has 5 heteroatoms. The molecule has 0 saturated carbocycles. The van der Waals surface area contributed by atoms with E-state index in [-0.39, 0.29) is 5.43 Å². The third kappa shape index (κ3) is 2.32. The summed E-state index contributed by atoms with van der Waals surface area (Å²) in [5, 5.41) is 0.892. The molecule has 0 aliphatic heterocycles. The molecule has 0 unspecified atom stereocenters. The highest BCUT2D eigenvalue weighted by atomic mass is 79.9. The van der Waals surface area contributed by atoms with Crippen LogP contribution in [0.1, 0.15) is 0 Å². The van der Waals surface area contributed by atoms with E-state index in [0.717, 1.165) is 5.56 Å². The van der Waals surface area contributed by atoms with E-state index in [4.69, 9.17) is 19.8 Å². The van der Waals surface area contributed by atoms with Crippen molar-refractivity contribution in [1.29, 1.82) is 0 Å². The number of rotatable bonds is 2. The Balaban J connectivity index is 2.21. The van der Waals surface area contributed by atoms with Gasteiger partial charge in [0.1, 0.15) is 11.5 Å². The van der Waals surface area contributed by atoms with Crippen LogP contribution in [0.3, 0.4) is 0 Å². The van der Waals surface area contributed by atoms with Crippen LogP contribution in [0, 0.1) is 0 Å². The van der Waals surface area contributed by atoms with Gasteiger partial charge in [-0.3, -0.25) is 4.79 Å². The van der Waals surface area contributed by atoms with Crippen LogP contribution in [0.15, 0.2) is 57.7 Å². The Morgan fingerprint density at radius 1 is 1.10 bits per heavy atom. The minimum absolute atomic E-state index is 0.121. The van der Waals surface area contributed by atoms with Gasteiger partial charge in [0.25, 0.3) is 0 Å². The molecule has 3 rings (SSSR count). The molecule has 0 amide bonds. The Bertz CT molecular complexity index is 825. The van der Waals surface area contributed by atoms with Crippen molar-refractivity contribution in [2.75, 3.05) is 0 Å². The molecule has 0 spiro atoms. The van der Waals surface area contributed by atoms with Crippen LogP contribution in [0.4, 0.5) is 0 Å². The second kappa shape index (κ2) is 5.31. The number of hydrogen-bond acceptors (Lipinski definition) is 3. The zero-order valence-electron chi connectivity index (χ0n) is 10.1. The summed E-state index contributed by atoms with van der Waals surface area (Å²) in [6.07, 6.45) is 0. The van der Waals surface area contributed by atoms with E-state index >= 15 is 0 Å². The standard InChI is InChI=1S/C15H8BrClO3/c16-20-10-6-4-9(5-7-10)14-8-13(18)11-2-1-3-12(17)15(11)19-14/h1-8H. The van der Waals surface area contributed by atoms with E-state index < -0.39 is 0 Å². The van der Waals surface area contributed by atoms with Gasteiger partial charge in [-0.15, -0.1) is 0 Å². The van der Waals surface area contributed by atoms with Gasteiger partial charge in [0.2, 0.25) is 0 Å². The lowest BCUT2D eigenvalue weighted by atomic mass is 10.1. The van der Waals surface area contributed by atoms with Crippen LogP contribution < -0.4 is 9.26 Å². The average Bonchev–Trinajstić information content (AvgIpc) is 2.48. The maximum atomic E-state index is 12.1. The molecule has 0 saturated heterocycles. The molecule has 3 aromatic rings. The summed E-state index contributed by atoms with van der Waals surface area (Å²) < 4.78 is 10.7. The van der Waals surface area contributed by atoms with Crippen LogP contribution in [0.2, 0.25) is 5.02 Å². The van der Waals surface area contributed by atoms with Gasteiger partial charge in [-0.1, -0.05) is 17.7 Å². The van der Waals surface area contributed by atoms with Gasteiger partial charge in [-0.2, -0.15) is 0 Å². The van der Waals surface area contributed by atoms with E-state index in [0.29, 0.717) is 27.5 Å². The molecule has 0 radical (unpaired) electrons. The highest BCUT2D eigenvalue weighted by Crippen LogP contribution is 2.28. The van der Waals surface area contributed by atoms with Crippen LogP contribution in [0.25, 0.3) is 22.3 Å². The normalized spacial score (nSPS) is 10.7. The van der Waals surface area contributed by atoms with Crippen LogP contribution in [-0.2, 0) is 0 Å². The number of hydrogen-bond donors (Lipinski definition) is 0. The summed E-state index contributed by atoms with van der Waals surface area (Å²) in [6.45, 7) is 0. The first-order valence-electron chi connectivity index (χ1n) is 5.80. The number of benzene rings is 2. The van der Waals surface area contributed by atoms with Gasteiger partial charge < -0.3 is 8.25 Å². The van der Waals surface area contributed by atoms with Crippen molar-refractivity contribution in [3.63, 3.8) is 0 Å². The second-order valence-corrected chi connectivity index (χ2v) is 4.92. The molecule has 0 N–H and O–H groups in total. The average molecular weight is 352 g/mol. The summed E-state index contributed by atoms with van der Waals surface area (Å²) in [4.78, 5) is 12.1. The van der Waals surface area contributed by atoms with Gasteiger partial charge in [-0.05, 0) is 36.4 Å². The molecular weight excluding hydrogens is 344 g/mol. The van der Waals surface area contributed by atoms with E-state index in [2.05, 4.69) is 16.3 Å². The summed E-state index contributed by atoms with van der Waals surface area (Å²) in [6, 6.07) is 13.7. The van der Waals surface area contributed by atoms with Crippen molar-refractivity contribution >= 4 is 38.8 Å². The molecule has 0 aliphatic rings. The summed E-state index contributed by atoms with van der Waals surface area (Å²) in [7, 11) is 0. The SMILES string of the molecule is O=c1cc(-c2ccc(OBr)cc2)oc2c(Cl)cccc12. The molecule has 100 valence electrons. The summed E-state index contributed by atoms with van der Waals surface area (Å²) in [5.74, 6) is 1.13. The minimum Gasteiger partial charge on any atom is -0.454 e. The lowest BCUT2D eigenvalue weighted by Crippen LogP contribution is -2.00. The van der Waals surface area contributed by atoms with Gasteiger partial charge in [0, 0.05) is 11.6 Å². The predicted molar refractivity (Wildman–Crippen MR) is 82.5 cm³/mol. The zero-order chi connectivity index (χ0) is 14.1. The quantitative estimate of drug-likeness (QED) is 0.665. The lowest BCUT2D eigenvalue weighted by Gasteiger charge is -2.05. The molecule has 3 nitrogen and oxygen atoms in total. The topological polar surface area (TPSA) is 39.4 Å². The van der Waals surface area contributed by atoms with Crippen molar-refractivity contribution in [2.24, 2.45) is 0 Å². The Morgan fingerprint density at radius 2 is 1.85 bits per heavy atom. The maximum absolute atomic E-state index is 12.1. The Labute approximate surface area is 128 Å². The fraction of sp³-hybridized carbons (Fsp3) is 0. The third-order valence-corrected chi connectivity index (χ3v) is 3.61. The van der Waals surface area contributed by atoms with Crippen LogP contribution >= 0.6 is 27.9 Å². The van der Waals surface area contributed by atoms with Crippen molar-refractivity contribution in [3.8, 4) is 17.1 Å². The first-order chi connectivity index (χ1) is 9.69. The summed E-state index contributed by atoms with van der Waals surface area (Å²) in [5.41, 5.74) is 1.05. The van der Waals surface area contributed by atoms with Gasteiger partial charge >= 0.3 is 0 Å². The van der Waals surface area contributed by atoms with Crippen molar-refractivity contribution < 1.29 is 8.25 Å². The van der Waals surface area contributed by atoms with E-state index in [1.54, 1.807) is 42.5 Å². The summed E-state index contributed by atoms with van der Waals surface area (Å²) >= 11 is 8.98. The van der Waals surface area contributed by atoms with Crippen molar-refractivity contribution in [1.82, 2.24) is 0 Å². The molecule has 0 bridgehead atoms. The molecule has 1 aromatic heterocycles. The van der Waals surface area contributed by atoms with Crippen molar-refractivity contribution in [3.05, 3.63) is 63.8 Å². The van der Waals surface area contributed by atoms with Crippen LogP contribution in [0.5, 0.6) is 5.75 Å². The van der Waals surface area contributed by atoms with Gasteiger partial charge in [-0.25, -0.2) is 0 Å². The first kappa shape index (κ1) is 13.2. The first-order valence-corrected chi connectivity index (χ1v) is 6.83. The molecule has 0 atom stereocenters. The second-order valence-electron chi connectivity index (χ2n) is 4.19. The number of para-hydroxylation sites is 1. The third-order valence-electron chi connectivity index (χ3n) is 2.93. The highest BCUT2D eigenvalue weighted by molar-refractivity contribution is 9.06.